The minimum Gasteiger partial charge on any atom is -0.456 e. The van der Waals surface area contributed by atoms with Crippen LogP contribution in [0.3, 0.4) is 0 Å². The number of benzene rings is 8. The third-order valence-corrected chi connectivity index (χ3v) is 12.5. The van der Waals surface area contributed by atoms with E-state index >= 15 is 0 Å². The molecule has 0 unspecified atom stereocenters. The monoisotopic (exact) mass is 996 g/mol. The zero-order chi connectivity index (χ0) is 39.5. The van der Waals surface area contributed by atoms with Gasteiger partial charge in [0.25, 0.3) is 0 Å². The van der Waals surface area contributed by atoms with Gasteiger partial charge in [-0.15, -0.1) is 0 Å². The van der Waals surface area contributed by atoms with Gasteiger partial charge in [0.1, 0.15) is 44.7 Å². The zero-order valence-corrected chi connectivity index (χ0v) is 35.6. The number of para-hydroxylation sites is 4. The summed E-state index contributed by atoms with van der Waals surface area (Å²) in [6, 6.07) is 51.9. The van der Waals surface area contributed by atoms with E-state index in [1.54, 1.807) is 12.1 Å². The second kappa shape index (κ2) is 15.1. The molecule has 280 valence electrons. The molecule has 0 aliphatic rings. The Morgan fingerprint density at radius 1 is 0.379 bits per heavy atom. The minimum absolute atomic E-state index is 0.474. The predicted octanol–water partition coefficient (Wildman–Crippen LogP) is 14.1. The zero-order valence-electron chi connectivity index (χ0n) is 30.2. The Balaban J connectivity index is 0.000000113. The van der Waals surface area contributed by atoms with Crippen LogP contribution in [-0.4, -0.2) is 17.2 Å². The van der Waals surface area contributed by atoms with E-state index in [1.165, 1.54) is 14.3 Å². The van der Waals surface area contributed by atoms with Crippen LogP contribution in [0.1, 0.15) is 0 Å². The Labute approximate surface area is 361 Å². The third kappa shape index (κ3) is 6.31. The molecule has 12 rings (SSSR count). The summed E-state index contributed by atoms with van der Waals surface area (Å²) in [5, 5.41) is 27.2. The molecule has 0 atom stereocenters. The van der Waals surface area contributed by atoms with E-state index in [-0.39, 0.29) is 0 Å². The van der Waals surface area contributed by atoms with Crippen LogP contribution in [-0.2, 0) is 0 Å². The van der Waals surface area contributed by atoms with Crippen molar-refractivity contribution < 1.29 is 27.7 Å². The third-order valence-electron chi connectivity index (χ3n) is 10.3. The van der Waals surface area contributed by atoms with Crippen molar-refractivity contribution in [2.24, 2.45) is 0 Å². The van der Waals surface area contributed by atoms with E-state index < -0.39 is 7.12 Å². The van der Waals surface area contributed by atoms with Crippen molar-refractivity contribution in [1.82, 2.24) is 0 Å². The first-order chi connectivity index (χ1) is 28.4. The van der Waals surface area contributed by atoms with Gasteiger partial charge in [-0.1, -0.05) is 103 Å². The highest BCUT2D eigenvalue weighted by molar-refractivity contribution is 14.1. The molecule has 0 fully saturated rings. The second-order valence-electron chi connectivity index (χ2n) is 13.7. The summed E-state index contributed by atoms with van der Waals surface area (Å²) in [4.78, 5) is 0. The van der Waals surface area contributed by atoms with E-state index in [2.05, 4.69) is 109 Å². The Morgan fingerprint density at radius 2 is 0.776 bits per heavy atom. The SMILES string of the molecule is Brc1cccc2c1oc1cccc(-c3cccc4oc5ccccc5c34)c12.Brc1cccc2c1oc1cccc(I)c12.OB(O)c1cccc2oc3ccccc3c12. The molecule has 0 aliphatic carbocycles. The van der Waals surface area contributed by atoms with Gasteiger partial charge in [0.15, 0.2) is 0 Å². The topological polar surface area (TPSA) is 93.0 Å². The van der Waals surface area contributed by atoms with E-state index in [9.17, 15) is 10.0 Å². The first kappa shape index (κ1) is 36.9. The fourth-order valence-electron chi connectivity index (χ4n) is 7.82. The summed E-state index contributed by atoms with van der Waals surface area (Å²) in [5.74, 6) is 0. The summed E-state index contributed by atoms with van der Waals surface area (Å²) in [7, 11) is -1.48. The molecule has 4 heterocycles. The van der Waals surface area contributed by atoms with Gasteiger partial charge < -0.3 is 27.7 Å². The fraction of sp³-hybridized carbons (Fsp3) is 0. The standard InChI is InChI=1S/C24H13BrO2.C12H9BO3.C12H6BrIO/c25-18-10-3-9-17-23-15(8-5-13-21(23)27-24(17)18)14-7-4-12-20-22(14)16-6-1-2-11-19(16)26-20;14-13(15)9-5-3-7-11-12(9)8-4-1-2-6-10(8)16-11;13-8-4-1-3-7-11-9(14)5-2-6-10(11)15-12(7)8/h1-13H;1-7,14-15H;1-6H. The average molecular weight is 998 g/mol. The number of hydrogen-bond acceptors (Lipinski definition) is 6. The van der Waals surface area contributed by atoms with Gasteiger partial charge in [-0.3, -0.25) is 0 Å². The van der Waals surface area contributed by atoms with Crippen LogP contribution in [0, 0.1) is 3.57 Å². The molecule has 12 aromatic rings. The molecule has 10 heteroatoms. The lowest BCUT2D eigenvalue weighted by atomic mass is 9.77. The summed E-state index contributed by atoms with van der Waals surface area (Å²) in [6.45, 7) is 0. The first-order valence-corrected chi connectivity index (χ1v) is 21.0. The normalized spacial score (nSPS) is 11.5. The van der Waals surface area contributed by atoms with Gasteiger partial charge in [0.05, 0.1) is 8.95 Å². The van der Waals surface area contributed by atoms with Crippen LogP contribution < -0.4 is 5.46 Å². The molecule has 0 aliphatic heterocycles. The smallest absolute Gasteiger partial charge is 0.456 e. The highest BCUT2D eigenvalue weighted by atomic mass is 127. The minimum atomic E-state index is -1.48. The summed E-state index contributed by atoms with van der Waals surface area (Å²) in [5.41, 5.74) is 9.67. The molecular weight excluding hydrogens is 970 g/mol. The Kier molecular flexibility index (Phi) is 9.62. The highest BCUT2D eigenvalue weighted by Gasteiger charge is 2.20. The molecule has 0 saturated heterocycles. The van der Waals surface area contributed by atoms with Crippen LogP contribution in [0.4, 0.5) is 0 Å². The van der Waals surface area contributed by atoms with Gasteiger partial charge >= 0.3 is 7.12 Å². The Hall–Kier alpha value is -5.37. The van der Waals surface area contributed by atoms with Gasteiger partial charge in [-0.2, -0.15) is 0 Å². The lowest BCUT2D eigenvalue weighted by Crippen LogP contribution is -2.30. The Bertz CT molecular complexity index is 3510. The summed E-state index contributed by atoms with van der Waals surface area (Å²) < 4.78 is 26.9. The van der Waals surface area contributed by atoms with Crippen molar-refractivity contribution in [3.63, 3.8) is 0 Å². The molecule has 0 saturated carbocycles. The molecule has 0 bridgehead atoms. The molecule has 0 radical (unpaired) electrons. The quantitative estimate of drug-likeness (QED) is 0.132. The number of hydrogen-bond donors (Lipinski definition) is 2. The van der Waals surface area contributed by atoms with E-state index in [1.807, 2.05) is 91.0 Å². The van der Waals surface area contributed by atoms with Crippen molar-refractivity contribution in [2.75, 3.05) is 0 Å². The molecule has 58 heavy (non-hydrogen) atoms. The van der Waals surface area contributed by atoms with E-state index in [0.717, 1.165) is 91.5 Å². The van der Waals surface area contributed by atoms with Crippen molar-refractivity contribution in [1.29, 1.82) is 0 Å². The van der Waals surface area contributed by atoms with Crippen LogP contribution in [0.5, 0.6) is 0 Å². The summed E-state index contributed by atoms with van der Waals surface area (Å²) >= 11 is 9.46. The number of fused-ring (bicyclic) bond motifs is 12. The van der Waals surface area contributed by atoms with Crippen molar-refractivity contribution in [3.05, 3.63) is 170 Å². The highest BCUT2D eigenvalue weighted by Crippen LogP contribution is 2.43. The maximum absolute atomic E-state index is 9.31. The van der Waals surface area contributed by atoms with Crippen molar-refractivity contribution in [2.45, 2.75) is 0 Å². The number of rotatable bonds is 2. The number of furan rings is 4. The van der Waals surface area contributed by atoms with E-state index in [0.29, 0.717) is 11.0 Å². The maximum Gasteiger partial charge on any atom is 0.489 e. The van der Waals surface area contributed by atoms with E-state index in [4.69, 9.17) is 17.7 Å². The van der Waals surface area contributed by atoms with Crippen molar-refractivity contribution >= 4 is 155 Å². The van der Waals surface area contributed by atoms with Gasteiger partial charge in [0, 0.05) is 46.7 Å². The number of halogens is 3. The van der Waals surface area contributed by atoms with Crippen LogP contribution in [0.2, 0.25) is 0 Å². The van der Waals surface area contributed by atoms with Gasteiger partial charge in [-0.25, -0.2) is 0 Å². The first-order valence-electron chi connectivity index (χ1n) is 18.4. The Morgan fingerprint density at radius 3 is 1.36 bits per heavy atom. The molecule has 6 nitrogen and oxygen atoms in total. The lowest BCUT2D eigenvalue weighted by Gasteiger charge is -2.06. The molecule has 2 N–H and O–H groups in total. The molecule has 4 aromatic heterocycles. The van der Waals surface area contributed by atoms with Crippen molar-refractivity contribution in [3.8, 4) is 11.1 Å². The molecule has 0 spiro atoms. The largest absolute Gasteiger partial charge is 0.489 e. The van der Waals surface area contributed by atoms with Gasteiger partial charge in [-0.05, 0) is 126 Å². The van der Waals surface area contributed by atoms with Crippen LogP contribution in [0.15, 0.2) is 184 Å². The average Bonchev–Trinajstić information content (AvgIpc) is 4.02. The van der Waals surface area contributed by atoms with Crippen LogP contribution >= 0.6 is 54.5 Å². The van der Waals surface area contributed by atoms with Crippen LogP contribution in [0.25, 0.3) is 98.9 Å². The maximum atomic E-state index is 9.31. The van der Waals surface area contributed by atoms with Gasteiger partial charge in [0.2, 0.25) is 0 Å². The molecular formula is C48H28BBr2IO6. The molecule has 0 amide bonds. The summed E-state index contributed by atoms with van der Waals surface area (Å²) in [6.07, 6.45) is 0. The lowest BCUT2D eigenvalue weighted by molar-refractivity contribution is 0.426. The molecule has 8 aromatic carbocycles. The second-order valence-corrected chi connectivity index (χ2v) is 16.6. The predicted molar refractivity (Wildman–Crippen MR) is 252 cm³/mol. The fourth-order valence-corrected chi connectivity index (χ4v) is 9.48.